The molecule has 1 N–H and O–H groups in total. The summed E-state index contributed by atoms with van der Waals surface area (Å²) in [4.78, 5) is 8.43. The van der Waals surface area contributed by atoms with Crippen LogP contribution in [0, 0.1) is 34.6 Å². The summed E-state index contributed by atoms with van der Waals surface area (Å²) in [5.74, 6) is 0.681. The van der Waals surface area contributed by atoms with Crippen LogP contribution in [0.4, 0.5) is 5.95 Å². The number of nitrogens with one attached hydrogen (secondary N) is 1. The van der Waals surface area contributed by atoms with Crippen molar-refractivity contribution < 1.29 is 0 Å². The first-order valence-corrected chi connectivity index (χ1v) is 8.57. The molecule has 0 spiro atoms. The molecular formula is C22H27N3. The van der Waals surface area contributed by atoms with Gasteiger partial charge in [-0.2, -0.15) is 0 Å². The molecule has 0 bridgehead atoms. The molecule has 1 aromatic heterocycles. The summed E-state index contributed by atoms with van der Waals surface area (Å²) >= 11 is 0. The molecule has 0 unspecified atom stereocenters. The lowest BCUT2D eigenvalue weighted by atomic mass is 10.1. The molecule has 0 aliphatic carbocycles. The Bertz CT molecular complexity index is 808. The van der Waals surface area contributed by atoms with Gasteiger partial charge in [0.25, 0.3) is 0 Å². The number of hydrogen-bond acceptors (Lipinski definition) is 3. The monoisotopic (exact) mass is 333 g/mol. The average molecular weight is 333 g/mol. The van der Waals surface area contributed by atoms with E-state index < -0.39 is 0 Å². The first-order chi connectivity index (χ1) is 11.9. The zero-order valence-corrected chi connectivity index (χ0v) is 15.8. The summed E-state index contributed by atoms with van der Waals surface area (Å²) in [5.41, 5.74) is 7.58. The van der Waals surface area contributed by atoms with Gasteiger partial charge in [-0.25, -0.2) is 9.97 Å². The molecular weight excluding hydrogens is 306 g/mol. The molecule has 3 nitrogen and oxygen atoms in total. The van der Waals surface area contributed by atoms with E-state index in [1.54, 1.807) is 6.20 Å². The smallest absolute Gasteiger partial charge is 0.223 e. The summed E-state index contributed by atoms with van der Waals surface area (Å²) in [5, 5.41) is 3.20. The Hall–Kier alpha value is -2.68. The van der Waals surface area contributed by atoms with E-state index >= 15 is 0 Å². The predicted octanol–water partition coefficient (Wildman–Crippen LogP) is 5.32. The van der Waals surface area contributed by atoms with Crippen LogP contribution in [0.15, 0.2) is 54.7 Å². The first kappa shape index (κ1) is 18.7. The van der Waals surface area contributed by atoms with E-state index in [0.29, 0.717) is 5.95 Å². The van der Waals surface area contributed by atoms with E-state index in [1.165, 1.54) is 27.8 Å². The number of hydrogen-bond donors (Lipinski definition) is 1. The predicted molar refractivity (Wildman–Crippen MR) is 106 cm³/mol. The fraction of sp³-hybridized carbons (Fsp3) is 0.273. The van der Waals surface area contributed by atoms with Crippen molar-refractivity contribution in [3.05, 3.63) is 88.2 Å². The van der Waals surface area contributed by atoms with Crippen LogP contribution in [0.2, 0.25) is 0 Å². The third kappa shape index (κ3) is 6.38. The van der Waals surface area contributed by atoms with Gasteiger partial charge in [-0.3, -0.25) is 0 Å². The van der Waals surface area contributed by atoms with Crippen molar-refractivity contribution in [1.29, 1.82) is 0 Å². The Morgan fingerprint density at radius 1 is 0.760 bits per heavy atom. The minimum absolute atomic E-state index is 0.681. The summed E-state index contributed by atoms with van der Waals surface area (Å²) in [6.45, 7) is 11.2. The van der Waals surface area contributed by atoms with Crippen molar-refractivity contribution in [3.8, 4) is 0 Å². The molecule has 0 aliphatic rings. The molecule has 2 aromatic carbocycles. The first-order valence-electron chi connectivity index (χ1n) is 8.57. The Balaban J connectivity index is 0.000000212. The maximum atomic E-state index is 4.28. The Morgan fingerprint density at radius 2 is 1.44 bits per heavy atom. The van der Waals surface area contributed by atoms with Gasteiger partial charge in [-0.05, 0) is 57.4 Å². The SMILES string of the molecule is Cc1ccc(C)c(C)c1.Cc1ccc(CNc2nccc(C)n2)cc1. The third-order valence-electron chi connectivity index (χ3n) is 4.03. The van der Waals surface area contributed by atoms with Gasteiger partial charge in [-0.1, -0.05) is 53.6 Å². The van der Waals surface area contributed by atoms with Gasteiger partial charge in [-0.15, -0.1) is 0 Å². The summed E-state index contributed by atoms with van der Waals surface area (Å²) in [6, 6.07) is 16.8. The fourth-order valence-corrected chi connectivity index (χ4v) is 2.31. The van der Waals surface area contributed by atoms with Crippen molar-refractivity contribution in [2.45, 2.75) is 41.2 Å². The summed E-state index contributed by atoms with van der Waals surface area (Å²) in [6.07, 6.45) is 1.76. The van der Waals surface area contributed by atoms with Gasteiger partial charge in [0, 0.05) is 18.4 Å². The molecule has 0 atom stereocenters. The Kier molecular flexibility index (Phi) is 6.70. The Labute approximate surface area is 151 Å². The second kappa shape index (κ2) is 8.97. The lowest BCUT2D eigenvalue weighted by Crippen LogP contribution is -2.03. The number of anilines is 1. The van der Waals surface area contributed by atoms with Crippen LogP contribution in [0.1, 0.15) is 33.5 Å². The van der Waals surface area contributed by atoms with Crippen LogP contribution < -0.4 is 5.32 Å². The molecule has 3 rings (SSSR count). The highest BCUT2D eigenvalue weighted by Gasteiger charge is 1.96. The van der Waals surface area contributed by atoms with E-state index in [2.05, 4.69) is 85.4 Å². The minimum atomic E-state index is 0.681. The van der Waals surface area contributed by atoms with Gasteiger partial charge >= 0.3 is 0 Å². The normalized spacial score (nSPS) is 9.96. The lowest BCUT2D eigenvalue weighted by Gasteiger charge is -2.05. The van der Waals surface area contributed by atoms with Gasteiger partial charge in [0.05, 0.1) is 0 Å². The zero-order chi connectivity index (χ0) is 18.2. The van der Waals surface area contributed by atoms with E-state index in [4.69, 9.17) is 0 Å². The van der Waals surface area contributed by atoms with Crippen molar-refractivity contribution in [1.82, 2.24) is 9.97 Å². The molecule has 0 saturated carbocycles. The fourth-order valence-electron chi connectivity index (χ4n) is 2.31. The quantitative estimate of drug-likeness (QED) is 0.705. The number of rotatable bonds is 3. The number of benzene rings is 2. The minimum Gasteiger partial charge on any atom is -0.350 e. The van der Waals surface area contributed by atoms with Crippen molar-refractivity contribution >= 4 is 5.95 Å². The second-order valence-electron chi connectivity index (χ2n) is 6.45. The van der Waals surface area contributed by atoms with Crippen LogP contribution in [-0.4, -0.2) is 9.97 Å². The van der Waals surface area contributed by atoms with Crippen molar-refractivity contribution in [2.24, 2.45) is 0 Å². The maximum Gasteiger partial charge on any atom is 0.223 e. The number of aryl methyl sites for hydroxylation is 5. The molecule has 130 valence electrons. The Morgan fingerprint density at radius 3 is 2.04 bits per heavy atom. The van der Waals surface area contributed by atoms with E-state index in [0.717, 1.165) is 12.2 Å². The van der Waals surface area contributed by atoms with Crippen LogP contribution in [0.5, 0.6) is 0 Å². The highest BCUT2D eigenvalue weighted by Crippen LogP contribution is 2.08. The molecule has 3 heteroatoms. The second-order valence-corrected chi connectivity index (χ2v) is 6.45. The van der Waals surface area contributed by atoms with Crippen LogP contribution in [0.3, 0.4) is 0 Å². The molecule has 0 aliphatic heterocycles. The standard InChI is InChI=1S/C13H15N3.C9H12/c1-10-3-5-12(6-4-10)9-15-13-14-8-7-11(2)16-13;1-7-4-5-8(2)9(3)6-7/h3-8H,9H2,1-2H3,(H,14,15,16);4-6H,1-3H3. The molecule has 3 aromatic rings. The maximum absolute atomic E-state index is 4.28. The van der Waals surface area contributed by atoms with E-state index in [1.807, 2.05) is 13.0 Å². The largest absolute Gasteiger partial charge is 0.350 e. The van der Waals surface area contributed by atoms with Gasteiger partial charge < -0.3 is 5.32 Å². The van der Waals surface area contributed by atoms with Gasteiger partial charge in [0.2, 0.25) is 5.95 Å². The highest BCUT2D eigenvalue weighted by atomic mass is 15.1. The zero-order valence-electron chi connectivity index (χ0n) is 15.8. The number of aromatic nitrogens is 2. The van der Waals surface area contributed by atoms with Crippen LogP contribution in [-0.2, 0) is 6.54 Å². The van der Waals surface area contributed by atoms with Gasteiger partial charge in [0.15, 0.2) is 0 Å². The van der Waals surface area contributed by atoms with E-state index in [-0.39, 0.29) is 0 Å². The molecule has 0 amide bonds. The van der Waals surface area contributed by atoms with Crippen molar-refractivity contribution in [2.75, 3.05) is 5.32 Å². The highest BCUT2D eigenvalue weighted by molar-refractivity contribution is 5.30. The molecule has 1 heterocycles. The molecule has 0 radical (unpaired) electrons. The van der Waals surface area contributed by atoms with E-state index in [9.17, 15) is 0 Å². The third-order valence-corrected chi connectivity index (χ3v) is 4.03. The summed E-state index contributed by atoms with van der Waals surface area (Å²) < 4.78 is 0. The average Bonchev–Trinajstić information content (AvgIpc) is 2.59. The number of nitrogens with zero attached hydrogens (tertiary/aromatic N) is 2. The van der Waals surface area contributed by atoms with Crippen LogP contribution >= 0.6 is 0 Å². The van der Waals surface area contributed by atoms with Crippen molar-refractivity contribution in [3.63, 3.8) is 0 Å². The molecule has 0 fully saturated rings. The summed E-state index contributed by atoms with van der Waals surface area (Å²) in [7, 11) is 0. The molecule has 25 heavy (non-hydrogen) atoms. The molecule has 0 saturated heterocycles. The lowest BCUT2D eigenvalue weighted by molar-refractivity contribution is 1.03. The van der Waals surface area contributed by atoms with Crippen LogP contribution in [0.25, 0.3) is 0 Å². The van der Waals surface area contributed by atoms with Gasteiger partial charge in [0.1, 0.15) is 0 Å². The topological polar surface area (TPSA) is 37.8 Å².